The number of hydrogen-bond acceptors (Lipinski definition) is 2. The van der Waals surface area contributed by atoms with Crippen molar-refractivity contribution >= 4 is 0 Å². The molecule has 0 amide bonds. The maximum atomic E-state index is 7.57. The van der Waals surface area contributed by atoms with E-state index in [-0.39, 0.29) is 35.1 Å². The van der Waals surface area contributed by atoms with Crippen molar-refractivity contribution in [2.75, 3.05) is 6.61 Å². The van der Waals surface area contributed by atoms with Gasteiger partial charge < -0.3 is 11.3 Å². The number of aliphatic hydroxyl groups is 1. The first kappa shape index (κ1) is 17.4. The fourth-order valence-corrected chi connectivity index (χ4v) is 0. The van der Waals surface area contributed by atoms with Crippen molar-refractivity contribution in [3.8, 4) is 0 Å². The quantitative estimate of drug-likeness (QED) is 0.510. The first-order valence-corrected chi connectivity index (χ1v) is 1.02. The first-order valence-electron chi connectivity index (χ1n) is 1.02. The molecule has 3 heteroatoms. The largest absolute Gasteiger partial charge is 0.397 e. The normalized spacial score (nSPS) is 3.60. The predicted molar refractivity (Wildman–Crippen MR) is 17.8 cm³/mol. The summed E-state index contributed by atoms with van der Waals surface area (Å²) in [6.07, 6.45) is 0. The Labute approximate surface area is 47.7 Å². The van der Waals surface area contributed by atoms with Gasteiger partial charge in [0.2, 0.25) is 0 Å². The van der Waals surface area contributed by atoms with Gasteiger partial charge in [-0.2, -0.15) is 0 Å². The van der Waals surface area contributed by atoms with Gasteiger partial charge in [-0.25, -0.2) is 0 Å². The van der Waals surface area contributed by atoms with Crippen LogP contribution in [0.25, 0.3) is 0 Å². The minimum absolute atomic E-state index is 0. The molecule has 0 aromatic carbocycles. The van der Waals surface area contributed by atoms with Gasteiger partial charge >= 0.3 is 0 Å². The summed E-state index contributed by atoms with van der Waals surface area (Å²) in [4.78, 5) is 0. The van der Waals surface area contributed by atoms with Gasteiger partial charge in [0.15, 0.2) is 0 Å². The third-order valence-corrected chi connectivity index (χ3v) is 0. The second-order valence-electron chi connectivity index (χ2n) is 0.316. The number of rotatable bonds is 0. The summed E-state index contributed by atoms with van der Waals surface area (Å²) in [5, 5.41) is 7.57. The van der Waals surface area contributed by atoms with Crippen molar-refractivity contribution in [1.82, 2.24) is 6.15 Å². The Morgan fingerprint density at radius 3 is 1.60 bits per heavy atom. The molecule has 0 fully saturated rings. The topological polar surface area (TPSA) is 55.2 Å². The molecule has 0 aromatic rings. The van der Waals surface area contributed by atoms with Crippen LogP contribution in [0.1, 0.15) is 6.92 Å². The standard InChI is InChI=1S/C2H6O.Ag.H3N/c1-2-3;;/h3H,2H2,1H3;;1H3. The van der Waals surface area contributed by atoms with Gasteiger partial charge in [0.1, 0.15) is 0 Å². The molecule has 0 spiro atoms. The second-order valence-corrected chi connectivity index (χ2v) is 0.316. The molecular formula is C2H9AgNO. The van der Waals surface area contributed by atoms with E-state index in [4.69, 9.17) is 5.11 Å². The van der Waals surface area contributed by atoms with E-state index in [0.29, 0.717) is 0 Å². The summed E-state index contributed by atoms with van der Waals surface area (Å²) < 4.78 is 0. The van der Waals surface area contributed by atoms with Gasteiger partial charge in [-0.1, -0.05) is 0 Å². The van der Waals surface area contributed by atoms with E-state index in [2.05, 4.69) is 0 Å². The summed E-state index contributed by atoms with van der Waals surface area (Å²) in [5.41, 5.74) is 0. The maximum absolute atomic E-state index is 7.57. The van der Waals surface area contributed by atoms with E-state index in [1.807, 2.05) is 0 Å². The molecule has 0 saturated carbocycles. The average Bonchev–Trinajstić information content (AvgIpc) is 0.918. The third-order valence-electron chi connectivity index (χ3n) is 0. The zero-order valence-corrected chi connectivity index (χ0v) is 4.65. The fourth-order valence-electron chi connectivity index (χ4n) is 0. The van der Waals surface area contributed by atoms with Crippen molar-refractivity contribution in [3.05, 3.63) is 0 Å². The van der Waals surface area contributed by atoms with Crippen LogP contribution in [0.3, 0.4) is 0 Å². The Bertz CT molecular complexity index is 9.61. The zero-order chi connectivity index (χ0) is 2.71. The van der Waals surface area contributed by atoms with E-state index in [0.717, 1.165) is 0 Å². The minimum Gasteiger partial charge on any atom is -0.397 e. The number of hydrogen-bond donors (Lipinski definition) is 2. The summed E-state index contributed by atoms with van der Waals surface area (Å²) in [6.45, 7) is 1.93. The van der Waals surface area contributed by atoms with Crippen molar-refractivity contribution in [2.24, 2.45) is 0 Å². The number of aliphatic hydroxyl groups excluding tert-OH is 1. The summed E-state index contributed by atoms with van der Waals surface area (Å²) in [7, 11) is 0. The molecule has 39 valence electrons. The van der Waals surface area contributed by atoms with E-state index in [9.17, 15) is 0 Å². The molecule has 1 radical (unpaired) electrons. The van der Waals surface area contributed by atoms with Gasteiger partial charge in [0.05, 0.1) is 0 Å². The van der Waals surface area contributed by atoms with Crippen molar-refractivity contribution in [2.45, 2.75) is 6.92 Å². The molecule has 0 aliphatic rings. The summed E-state index contributed by atoms with van der Waals surface area (Å²) in [5.74, 6) is 0. The average molecular weight is 171 g/mol. The Kier molecular flexibility index (Phi) is 78.7. The van der Waals surface area contributed by atoms with E-state index in [1.165, 1.54) is 0 Å². The van der Waals surface area contributed by atoms with Crippen LogP contribution in [0.4, 0.5) is 0 Å². The molecular weight excluding hydrogens is 162 g/mol. The molecule has 0 rings (SSSR count). The van der Waals surface area contributed by atoms with Crippen LogP contribution < -0.4 is 6.15 Å². The molecule has 0 aliphatic carbocycles. The molecule has 0 atom stereocenters. The van der Waals surface area contributed by atoms with Crippen LogP contribution in [0.5, 0.6) is 0 Å². The first-order chi connectivity index (χ1) is 1.41. The molecule has 0 aromatic heterocycles. The van der Waals surface area contributed by atoms with E-state index in [1.54, 1.807) is 6.92 Å². The molecule has 0 heterocycles. The van der Waals surface area contributed by atoms with Gasteiger partial charge in [-0.3, -0.25) is 0 Å². The SMILES string of the molecule is CCO.N.[Ag]. The van der Waals surface area contributed by atoms with Gasteiger partial charge in [0, 0.05) is 29.0 Å². The van der Waals surface area contributed by atoms with Crippen molar-refractivity contribution in [3.63, 3.8) is 0 Å². The third kappa shape index (κ3) is 75.7. The van der Waals surface area contributed by atoms with Crippen LogP contribution in [-0.4, -0.2) is 11.7 Å². The van der Waals surface area contributed by atoms with E-state index < -0.39 is 0 Å². The van der Waals surface area contributed by atoms with Crippen LogP contribution in [-0.2, 0) is 22.4 Å². The van der Waals surface area contributed by atoms with Gasteiger partial charge in [-0.05, 0) is 6.92 Å². The van der Waals surface area contributed by atoms with Gasteiger partial charge in [-0.15, -0.1) is 0 Å². The van der Waals surface area contributed by atoms with Crippen LogP contribution in [0.15, 0.2) is 0 Å². The smallest absolute Gasteiger partial charge is 0.0402 e. The maximum Gasteiger partial charge on any atom is 0.0402 e. The Hall–Kier alpha value is 0.660. The molecule has 0 unspecified atom stereocenters. The van der Waals surface area contributed by atoms with Crippen molar-refractivity contribution < 1.29 is 27.5 Å². The van der Waals surface area contributed by atoms with Crippen LogP contribution in [0.2, 0.25) is 0 Å². The molecule has 0 aliphatic heterocycles. The summed E-state index contributed by atoms with van der Waals surface area (Å²) >= 11 is 0. The zero-order valence-electron chi connectivity index (χ0n) is 3.16. The molecule has 0 bridgehead atoms. The van der Waals surface area contributed by atoms with Gasteiger partial charge in [0.25, 0.3) is 0 Å². The van der Waals surface area contributed by atoms with Crippen LogP contribution in [0, 0.1) is 0 Å². The minimum atomic E-state index is 0. The Balaban J connectivity index is -0.0000000200. The van der Waals surface area contributed by atoms with Crippen LogP contribution >= 0.6 is 0 Å². The fraction of sp³-hybridized carbons (Fsp3) is 1.00. The van der Waals surface area contributed by atoms with Crippen molar-refractivity contribution in [1.29, 1.82) is 0 Å². The Morgan fingerprint density at radius 1 is 1.60 bits per heavy atom. The molecule has 2 nitrogen and oxygen atoms in total. The monoisotopic (exact) mass is 170 g/mol. The molecule has 0 saturated heterocycles. The Morgan fingerprint density at radius 2 is 1.60 bits per heavy atom. The summed E-state index contributed by atoms with van der Waals surface area (Å²) in [6, 6.07) is 0. The second kappa shape index (κ2) is 22.7. The molecule has 4 N–H and O–H groups in total. The predicted octanol–water partition coefficient (Wildman–Crippen LogP) is 0.158. The van der Waals surface area contributed by atoms with E-state index >= 15 is 0 Å². The molecule has 5 heavy (non-hydrogen) atoms.